The summed E-state index contributed by atoms with van der Waals surface area (Å²) >= 11 is 0. The van der Waals surface area contributed by atoms with Crippen LogP contribution in [0.5, 0.6) is 0 Å². The number of hydrazine groups is 1. The van der Waals surface area contributed by atoms with Gasteiger partial charge >= 0.3 is 6.09 Å². The first-order valence-electron chi connectivity index (χ1n) is 8.44. The SMILES string of the molecule is CC(C)(C)OC(=O)NN1C[C@H](C(=O)NCC[C@H]2CCCO2)CC1=O. The first-order chi connectivity index (χ1) is 11.2. The maximum atomic E-state index is 12.2. The van der Waals surface area contributed by atoms with E-state index in [1.54, 1.807) is 20.8 Å². The van der Waals surface area contributed by atoms with E-state index >= 15 is 0 Å². The van der Waals surface area contributed by atoms with Gasteiger partial charge in [-0.05, 0) is 40.0 Å². The molecule has 0 aromatic carbocycles. The number of amides is 3. The van der Waals surface area contributed by atoms with Crippen LogP contribution in [0.3, 0.4) is 0 Å². The lowest BCUT2D eigenvalue weighted by atomic mass is 10.1. The third-order valence-corrected chi connectivity index (χ3v) is 3.91. The smallest absolute Gasteiger partial charge is 0.426 e. The van der Waals surface area contributed by atoms with Crippen molar-refractivity contribution in [3.63, 3.8) is 0 Å². The van der Waals surface area contributed by atoms with Gasteiger partial charge < -0.3 is 14.8 Å². The molecule has 2 aliphatic heterocycles. The van der Waals surface area contributed by atoms with Crippen molar-refractivity contribution in [2.75, 3.05) is 19.7 Å². The highest BCUT2D eigenvalue weighted by molar-refractivity contribution is 5.90. The molecule has 0 spiro atoms. The van der Waals surface area contributed by atoms with Gasteiger partial charge in [-0.3, -0.25) is 14.6 Å². The van der Waals surface area contributed by atoms with Gasteiger partial charge in [0.05, 0.1) is 18.6 Å². The summed E-state index contributed by atoms with van der Waals surface area (Å²) < 4.78 is 10.6. The van der Waals surface area contributed by atoms with Gasteiger partial charge in [0.25, 0.3) is 0 Å². The van der Waals surface area contributed by atoms with Crippen molar-refractivity contribution in [1.29, 1.82) is 0 Å². The number of nitrogens with zero attached hydrogens (tertiary/aromatic N) is 1. The van der Waals surface area contributed by atoms with Crippen molar-refractivity contribution in [2.24, 2.45) is 5.92 Å². The molecule has 0 aromatic rings. The topological polar surface area (TPSA) is 97.0 Å². The van der Waals surface area contributed by atoms with Gasteiger partial charge in [0.1, 0.15) is 5.60 Å². The van der Waals surface area contributed by atoms with Crippen LogP contribution in [-0.2, 0) is 19.1 Å². The first kappa shape index (κ1) is 18.5. The molecule has 2 aliphatic rings. The quantitative estimate of drug-likeness (QED) is 0.776. The standard InChI is InChI=1S/C16H27N3O5/c1-16(2,3)24-15(22)18-19-10-11(9-13(19)20)14(21)17-7-6-12-5-4-8-23-12/h11-12H,4-10H2,1-3H3,(H,17,21)(H,18,22)/t11-,12-/m1/s1. The Bertz CT molecular complexity index is 483. The Hall–Kier alpha value is -1.83. The van der Waals surface area contributed by atoms with Crippen LogP contribution in [0.1, 0.15) is 46.5 Å². The summed E-state index contributed by atoms with van der Waals surface area (Å²) in [5.41, 5.74) is 1.75. The summed E-state index contributed by atoms with van der Waals surface area (Å²) in [6.45, 7) is 6.70. The van der Waals surface area contributed by atoms with E-state index < -0.39 is 17.6 Å². The summed E-state index contributed by atoms with van der Waals surface area (Å²) in [5.74, 6) is -0.924. The highest BCUT2D eigenvalue weighted by Crippen LogP contribution is 2.18. The molecule has 0 saturated carbocycles. The van der Waals surface area contributed by atoms with Crippen LogP contribution in [0.15, 0.2) is 0 Å². The molecular weight excluding hydrogens is 314 g/mol. The van der Waals surface area contributed by atoms with E-state index in [1.807, 2.05) is 0 Å². The van der Waals surface area contributed by atoms with Crippen molar-refractivity contribution in [3.8, 4) is 0 Å². The molecule has 0 aromatic heterocycles. The monoisotopic (exact) mass is 341 g/mol. The lowest BCUT2D eigenvalue weighted by Crippen LogP contribution is -2.46. The Balaban J connectivity index is 1.72. The molecule has 0 radical (unpaired) electrons. The van der Waals surface area contributed by atoms with Crippen molar-refractivity contribution < 1.29 is 23.9 Å². The second-order valence-corrected chi connectivity index (χ2v) is 7.23. The fraction of sp³-hybridized carbons (Fsp3) is 0.812. The number of carbonyl (C=O) groups is 3. The Labute approximate surface area is 142 Å². The Morgan fingerprint density at radius 1 is 1.38 bits per heavy atom. The van der Waals surface area contributed by atoms with E-state index in [0.29, 0.717) is 6.54 Å². The van der Waals surface area contributed by atoms with E-state index in [9.17, 15) is 14.4 Å². The van der Waals surface area contributed by atoms with E-state index in [2.05, 4.69) is 10.7 Å². The number of hydrogen-bond acceptors (Lipinski definition) is 5. The molecule has 2 atom stereocenters. The van der Waals surface area contributed by atoms with Crippen LogP contribution in [0.25, 0.3) is 0 Å². The molecule has 0 aliphatic carbocycles. The number of carbonyl (C=O) groups excluding carboxylic acids is 3. The Morgan fingerprint density at radius 3 is 2.75 bits per heavy atom. The molecule has 24 heavy (non-hydrogen) atoms. The largest absolute Gasteiger partial charge is 0.443 e. The van der Waals surface area contributed by atoms with E-state index in [4.69, 9.17) is 9.47 Å². The van der Waals surface area contributed by atoms with Gasteiger partial charge in [-0.1, -0.05) is 0 Å². The molecule has 2 heterocycles. The molecule has 3 amide bonds. The van der Waals surface area contributed by atoms with Crippen molar-refractivity contribution >= 4 is 17.9 Å². The van der Waals surface area contributed by atoms with Gasteiger partial charge in [-0.15, -0.1) is 0 Å². The van der Waals surface area contributed by atoms with Crippen molar-refractivity contribution in [3.05, 3.63) is 0 Å². The Morgan fingerprint density at radius 2 is 2.12 bits per heavy atom. The molecule has 8 nitrogen and oxygen atoms in total. The van der Waals surface area contributed by atoms with Crippen LogP contribution in [-0.4, -0.2) is 54.3 Å². The predicted octanol–water partition coefficient (Wildman–Crippen LogP) is 0.960. The van der Waals surface area contributed by atoms with E-state index in [0.717, 1.165) is 30.9 Å². The highest BCUT2D eigenvalue weighted by atomic mass is 16.6. The number of hydrogen-bond donors (Lipinski definition) is 2. The minimum absolute atomic E-state index is 0.0849. The maximum absolute atomic E-state index is 12.2. The van der Waals surface area contributed by atoms with Gasteiger partial charge in [0.15, 0.2) is 0 Å². The van der Waals surface area contributed by atoms with E-state index in [-0.39, 0.29) is 30.9 Å². The fourth-order valence-electron chi connectivity index (χ4n) is 2.78. The third kappa shape index (κ3) is 5.67. The second-order valence-electron chi connectivity index (χ2n) is 7.23. The van der Waals surface area contributed by atoms with Crippen LogP contribution in [0.2, 0.25) is 0 Å². The molecule has 0 bridgehead atoms. The second kappa shape index (κ2) is 7.83. The number of ether oxygens (including phenoxy) is 2. The fourth-order valence-corrected chi connectivity index (χ4v) is 2.78. The predicted molar refractivity (Wildman–Crippen MR) is 85.8 cm³/mol. The highest BCUT2D eigenvalue weighted by Gasteiger charge is 2.36. The molecule has 136 valence electrons. The van der Waals surface area contributed by atoms with Crippen LogP contribution in [0, 0.1) is 5.92 Å². The average Bonchev–Trinajstić information content (AvgIpc) is 3.07. The molecule has 2 rings (SSSR count). The lowest BCUT2D eigenvalue weighted by Gasteiger charge is -2.23. The van der Waals surface area contributed by atoms with Crippen molar-refractivity contribution in [1.82, 2.24) is 15.8 Å². The zero-order valence-electron chi connectivity index (χ0n) is 14.6. The first-order valence-corrected chi connectivity index (χ1v) is 8.44. The molecule has 2 saturated heterocycles. The zero-order valence-corrected chi connectivity index (χ0v) is 14.6. The summed E-state index contributed by atoms with van der Waals surface area (Å²) in [4.78, 5) is 35.8. The lowest BCUT2D eigenvalue weighted by molar-refractivity contribution is -0.130. The summed E-state index contributed by atoms with van der Waals surface area (Å²) in [7, 11) is 0. The minimum atomic E-state index is -0.699. The van der Waals surface area contributed by atoms with Gasteiger partial charge in [0.2, 0.25) is 11.8 Å². The van der Waals surface area contributed by atoms with Gasteiger partial charge in [-0.25, -0.2) is 10.2 Å². The van der Waals surface area contributed by atoms with Crippen LogP contribution < -0.4 is 10.7 Å². The van der Waals surface area contributed by atoms with Gasteiger partial charge in [0, 0.05) is 19.6 Å². The average molecular weight is 341 g/mol. The Kier molecular flexibility index (Phi) is 6.04. The molecular formula is C16H27N3O5. The molecule has 0 unspecified atom stereocenters. The van der Waals surface area contributed by atoms with Crippen LogP contribution >= 0.6 is 0 Å². The minimum Gasteiger partial charge on any atom is -0.443 e. The van der Waals surface area contributed by atoms with Crippen LogP contribution in [0.4, 0.5) is 4.79 Å². The normalized spacial score (nSPS) is 24.1. The summed E-state index contributed by atoms with van der Waals surface area (Å²) in [5, 5.41) is 3.99. The number of nitrogens with one attached hydrogen (secondary N) is 2. The molecule has 8 heteroatoms. The summed E-state index contributed by atoms with van der Waals surface area (Å²) in [6, 6.07) is 0. The van der Waals surface area contributed by atoms with E-state index in [1.165, 1.54) is 0 Å². The number of rotatable bonds is 5. The zero-order chi connectivity index (χ0) is 17.7. The summed E-state index contributed by atoms with van der Waals surface area (Å²) in [6.07, 6.45) is 2.50. The molecule has 2 N–H and O–H groups in total. The van der Waals surface area contributed by atoms with Crippen molar-refractivity contribution in [2.45, 2.75) is 58.2 Å². The molecule has 2 fully saturated rings. The third-order valence-electron chi connectivity index (χ3n) is 3.91. The maximum Gasteiger partial charge on any atom is 0.426 e. The van der Waals surface area contributed by atoms with Gasteiger partial charge in [-0.2, -0.15) is 0 Å².